The van der Waals surface area contributed by atoms with Crippen molar-refractivity contribution >= 4 is 11.3 Å². The minimum Gasteiger partial charge on any atom is -0.314 e. The summed E-state index contributed by atoms with van der Waals surface area (Å²) in [7, 11) is 0. The van der Waals surface area contributed by atoms with Crippen molar-refractivity contribution in [3.63, 3.8) is 0 Å². The lowest BCUT2D eigenvalue weighted by atomic mass is 9.99. The SMILES string of the molecule is CCNC(CCc1ccsc1)Cc1ccc(F)cc1F. The molecule has 1 N–H and O–H groups in total. The summed E-state index contributed by atoms with van der Waals surface area (Å²) in [5, 5.41) is 7.59. The zero-order chi connectivity index (χ0) is 14.4. The average Bonchev–Trinajstić information content (AvgIpc) is 2.92. The Kier molecular flexibility index (Phi) is 5.68. The summed E-state index contributed by atoms with van der Waals surface area (Å²) in [5.41, 5.74) is 1.89. The number of benzene rings is 1. The molecule has 2 aromatic rings. The van der Waals surface area contributed by atoms with Gasteiger partial charge in [-0.3, -0.25) is 0 Å². The third-order valence-electron chi connectivity index (χ3n) is 3.34. The summed E-state index contributed by atoms with van der Waals surface area (Å²) in [4.78, 5) is 0. The molecule has 0 spiro atoms. The van der Waals surface area contributed by atoms with Gasteiger partial charge in [0.05, 0.1) is 0 Å². The summed E-state index contributed by atoms with van der Waals surface area (Å²) in [6, 6.07) is 6.14. The molecule has 0 saturated carbocycles. The normalized spacial score (nSPS) is 12.6. The maximum atomic E-state index is 13.7. The lowest BCUT2D eigenvalue weighted by molar-refractivity contribution is 0.478. The van der Waals surface area contributed by atoms with Gasteiger partial charge < -0.3 is 5.32 Å². The smallest absolute Gasteiger partial charge is 0.129 e. The van der Waals surface area contributed by atoms with Gasteiger partial charge in [-0.1, -0.05) is 13.0 Å². The number of thiophene rings is 1. The lowest BCUT2D eigenvalue weighted by Gasteiger charge is -2.18. The van der Waals surface area contributed by atoms with Crippen molar-refractivity contribution in [1.29, 1.82) is 0 Å². The molecule has 1 aromatic heterocycles. The third kappa shape index (κ3) is 4.39. The Morgan fingerprint density at radius 2 is 2.10 bits per heavy atom. The molecule has 20 heavy (non-hydrogen) atoms. The van der Waals surface area contributed by atoms with Crippen LogP contribution in [0, 0.1) is 11.6 Å². The van der Waals surface area contributed by atoms with Gasteiger partial charge in [0.1, 0.15) is 11.6 Å². The van der Waals surface area contributed by atoms with Gasteiger partial charge in [0.2, 0.25) is 0 Å². The minimum atomic E-state index is -0.524. The van der Waals surface area contributed by atoms with Gasteiger partial charge in [0, 0.05) is 12.1 Å². The van der Waals surface area contributed by atoms with Crippen molar-refractivity contribution in [2.24, 2.45) is 0 Å². The van der Waals surface area contributed by atoms with Crippen LogP contribution in [0.3, 0.4) is 0 Å². The van der Waals surface area contributed by atoms with Crippen molar-refractivity contribution in [3.05, 3.63) is 57.8 Å². The van der Waals surface area contributed by atoms with Crippen LogP contribution in [-0.4, -0.2) is 12.6 Å². The van der Waals surface area contributed by atoms with Gasteiger partial charge >= 0.3 is 0 Å². The van der Waals surface area contributed by atoms with E-state index < -0.39 is 11.6 Å². The number of likely N-dealkylation sites (N-methyl/N-ethyl adjacent to an activating group) is 1. The Bertz CT molecular complexity index is 525. The fraction of sp³-hybridized carbons (Fsp3) is 0.375. The van der Waals surface area contributed by atoms with E-state index in [1.807, 2.05) is 6.92 Å². The molecule has 2 rings (SSSR count). The lowest BCUT2D eigenvalue weighted by Crippen LogP contribution is -2.31. The van der Waals surface area contributed by atoms with E-state index in [2.05, 4.69) is 22.1 Å². The van der Waals surface area contributed by atoms with Crippen LogP contribution in [0.15, 0.2) is 35.0 Å². The number of hydrogen-bond donors (Lipinski definition) is 1. The molecule has 0 saturated heterocycles. The molecule has 0 bridgehead atoms. The van der Waals surface area contributed by atoms with E-state index in [0.29, 0.717) is 12.0 Å². The Balaban J connectivity index is 1.97. The molecule has 1 aromatic carbocycles. The summed E-state index contributed by atoms with van der Waals surface area (Å²) >= 11 is 1.69. The first-order valence-corrected chi connectivity index (χ1v) is 7.81. The first kappa shape index (κ1) is 15.1. The molecule has 1 nitrogen and oxygen atoms in total. The Morgan fingerprint density at radius 1 is 1.25 bits per heavy atom. The monoisotopic (exact) mass is 295 g/mol. The first-order chi connectivity index (χ1) is 9.69. The second-order valence-electron chi connectivity index (χ2n) is 4.86. The van der Waals surface area contributed by atoms with Crippen LogP contribution in [0.4, 0.5) is 8.78 Å². The predicted octanol–water partition coefficient (Wildman–Crippen LogP) is 4.18. The molecule has 0 aliphatic carbocycles. The third-order valence-corrected chi connectivity index (χ3v) is 4.07. The van der Waals surface area contributed by atoms with E-state index in [1.54, 1.807) is 17.4 Å². The standard InChI is InChI=1S/C16H19F2NS/c1-2-19-15(6-3-12-7-8-20-11-12)9-13-4-5-14(17)10-16(13)18/h4-5,7-8,10-11,15,19H,2-3,6,9H2,1H3. The zero-order valence-electron chi connectivity index (χ0n) is 11.5. The second-order valence-corrected chi connectivity index (χ2v) is 5.64. The molecule has 1 unspecified atom stereocenters. The van der Waals surface area contributed by atoms with Crippen molar-refractivity contribution in [1.82, 2.24) is 5.32 Å². The number of aryl methyl sites for hydroxylation is 1. The molecule has 4 heteroatoms. The molecule has 0 aliphatic rings. The second kappa shape index (κ2) is 7.50. The molecule has 0 aliphatic heterocycles. The van der Waals surface area contributed by atoms with Crippen LogP contribution in [0.25, 0.3) is 0 Å². The zero-order valence-corrected chi connectivity index (χ0v) is 12.4. The van der Waals surface area contributed by atoms with Gasteiger partial charge in [-0.2, -0.15) is 11.3 Å². The topological polar surface area (TPSA) is 12.0 Å². The molecular formula is C16H19F2NS. The molecule has 0 radical (unpaired) electrons. The van der Waals surface area contributed by atoms with Gasteiger partial charge in [-0.25, -0.2) is 8.78 Å². The Hall–Kier alpha value is -1.26. The van der Waals surface area contributed by atoms with E-state index in [-0.39, 0.29) is 6.04 Å². The van der Waals surface area contributed by atoms with Crippen LogP contribution in [-0.2, 0) is 12.8 Å². The van der Waals surface area contributed by atoms with E-state index in [4.69, 9.17) is 0 Å². The number of halogens is 2. The number of hydrogen-bond acceptors (Lipinski definition) is 2. The number of rotatable bonds is 7. The summed E-state index contributed by atoms with van der Waals surface area (Å²) in [6.07, 6.45) is 2.51. The largest absolute Gasteiger partial charge is 0.314 e. The van der Waals surface area contributed by atoms with Crippen LogP contribution < -0.4 is 5.32 Å². The van der Waals surface area contributed by atoms with Gasteiger partial charge in [-0.15, -0.1) is 0 Å². The van der Waals surface area contributed by atoms with Gasteiger partial charge in [0.15, 0.2) is 0 Å². The fourth-order valence-electron chi connectivity index (χ4n) is 2.29. The molecular weight excluding hydrogens is 276 g/mol. The quantitative estimate of drug-likeness (QED) is 0.808. The van der Waals surface area contributed by atoms with Crippen molar-refractivity contribution in [3.8, 4) is 0 Å². The maximum Gasteiger partial charge on any atom is 0.129 e. The van der Waals surface area contributed by atoms with Crippen molar-refractivity contribution < 1.29 is 8.78 Å². The predicted molar refractivity (Wildman–Crippen MR) is 80.2 cm³/mol. The summed E-state index contributed by atoms with van der Waals surface area (Å²) in [6.45, 7) is 2.88. The molecule has 1 heterocycles. The summed E-state index contributed by atoms with van der Waals surface area (Å²) < 4.78 is 26.6. The molecule has 0 fully saturated rings. The first-order valence-electron chi connectivity index (χ1n) is 6.87. The highest BCUT2D eigenvalue weighted by molar-refractivity contribution is 7.07. The van der Waals surface area contributed by atoms with Crippen molar-refractivity contribution in [2.75, 3.05) is 6.54 Å². The van der Waals surface area contributed by atoms with E-state index >= 15 is 0 Å². The average molecular weight is 295 g/mol. The fourth-order valence-corrected chi connectivity index (χ4v) is 3.00. The van der Waals surface area contributed by atoms with E-state index in [9.17, 15) is 8.78 Å². The highest BCUT2D eigenvalue weighted by atomic mass is 32.1. The minimum absolute atomic E-state index is 0.208. The molecule has 0 amide bonds. The highest BCUT2D eigenvalue weighted by Gasteiger charge is 2.12. The van der Waals surface area contributed by atoms with Crippen LogP contribution >= 0.6 is 11.3 Å². The van der Waals surface area contributed by atoms with Crippen molar-refractivity contribution in [2.45, 2.75) is 32.2 Å². The van der Waals surface area contributed by atoms with Gasteiger partial charge in [-0.05, 0) is 59.8 Å². The maximum absolute atomic E-state index is 13.7. The van der Waals surface area contributed by atoms with Crippen LogP contribution in [0.2, 0.25) is 0 Å². The van der Waals surface area contributed by atoms with E-state index in [1.165, 1.54) is 11.6 Å². The molecule has 1 atom stereocenters. The Morgan fingerprint density at radius 3 is 2.75 bits per heavy atom. The van der Waals surface area contributed by atoms with Gasteiger partial charge in [0.25, 0.3) is 0 Å². The van der Waals surface area contributed by atoms with Crippen LogP contribution in [0.5, 0.6) is 0 Å². The molecule has 108 valence electrons. The van der Waals surface area contributed by atoms with Crippen LogP contribution in [0.1, 0.15) is 24.5 Å². The van der Waals surface area contributed by atoms with E-state index in [0.717, 1.165) is 25.5 Å². The summed E-state index contributed by atoms with van der Waals surface area (Å²) in [5.74, 6) is -0.979. The highest BCUT2D eigenvalue weighted by Crippen LogP contribution is 2.15. The Labute approximate surface area is 122 Å². The number of nitrogens with one attached hydrogen (secondary N) is 1.